The van der Waals surface area contributed by atoms with E-state index < -0.39 is 34.6 Å². The summed E-state index contributed by atoms with van der Waals surface area (Å²) in [5, 5.41) is 2.87. The number of hydrogen-bond donors (Lipinski definition) is 2. The number of nitrogens with one attached hydrogen (secondary N) is 2. The van der Waals surface area contributed by atoms with Crippen LogP contribution in [-0.2, 0) is 14.8 Å². The van der Waals surface area contributed by atoms with Gasteiger partial charge in [-0.1, -0.05) is 6.92 Å². The average Bonchev–Trinajstić information content (AvgIpc) is 2.56. The second kappa shape index (κ2) is 8.52. The van der Waals surface area contributed by atoms with Crippen molar-refractivity contribution in [2.24, 2.45) is 0 Å². The minimum atomic E-state index is -4.27. The molecule has 2 N–H and O–H groups in total. The van der Waals surface area contributed by atoms with Gasteiger partial charge in [-0.3, -0.25) is 0 Å². The van der Waals surface area contributed by atoms with Crippen molar-refractivity contribution in [1.29, 1.82) is 0 Å². The quantitative estimate of drug-likeness (QED) is 0.676. The molecular weight excluding hydrogens is 361 g/mol. The summed E-state index contributed by atoms with van der Waals surface area (Å²) in [6.07, 6.45) is -5.01. The molecule has 1 rings (SSSR count). The Balaban J connectivity index is 3.14. The Kier molecular flexibility index (Phi) is 7.24. The van der Waals surface area contributed by atoms with Gasteiger partial charge in [0.1, 0.15) is 0 Å². The van der Waals surface area contributed by atoms with E-state index >= 15 is 0 Å². The SMILES string of the molecule is CCC(CCC(F)(F)F)Nc1ccc(S(=O)(=O)NC)cc1C(=O)OC. The minimum Gasteiger partial charge on any atom is -0.465 e. The zero-order chi connectivity index (χ0) is 19.3. The van der Waals surface area contributed by atoms with Crippen molar-refractivity contribution in [3.05, 3.63) is 23.8 Å². The van der Waals surface area contributed by atoms with Crippen molar-refractivity contribution in [2.45, 2.75) is 43.3 Å². The van der Waals surface area contributed by atoms with E-state index in [4.69, 9.17) is 0 Å². The number of benzene rings is 1. The predicted molar refractivity (Wildman–Crippen MR) is 87.0 cm³/mol. The largest absolute Gasteiger partial charge is 0.465 e. The standard InChI is InChI=1S/C15H21F3N2O4S/c1-4-10(7-8-15(16,17)18)20-13-6-5-11(25(22,23)19-2)9-12(13)14(21)24-3/h5-6,9-10,19-20H,4,7-8H2,1-3H3. The lowest BCUT2D eigenvalue weighted by molar-refractivity contribution is -0.136. The van der Waals surface area contributed by atoms with Gasteiger partial charge in [0.2, 0.25) is 10.0 Å². The predicted octanol–water partition coefficient (Wildman–Crippen LogP) is 2.91. The fourth-order valence-electron chi connectivity index (χ4n) is 2.15. The van der Waals surface area contributed by atoms with E-state index in [0.29, 0.717) is 6.42 Å². The maximum atomic E-state index is 12.4. The second-order valence-corrected chi connectivity index (χ2v) is 7.20. The highest BCUT2D eigenvalue weighted by atomic mass is 32.2. The van der Waals surface area contributed by atoms with Crippen LogP contribution >= 0.6 is 0 Å². The van der Waals surface area contributed by atoms with Crippen LogP contribution in [0.5, 0.6) is 0 Å². The fraction of sp³-hybridized carbons (Fsp3) is 0.533. The van der Waals surface area contributed by atoms with Gasteiger partial charge in [-0.25, -0.2) is 17.9 Å². The lowest BCUT2D eigenvalue weighted by atomic mass is 10.1. The number of halogens is 3. The molecule has 0 fully saturated rings. The Hall–Kier alpha value is -1.81. The van der Waals surface area contributed by atoms with Gasteiger partial charge in [0.05, 0.1) is 17.6 Å². The van der Waals surface area contributed by atoms with Gasteiger partial charge >= 0.3 is 12.1 Å². The maximum absolute atomic E-state index is 12.4. The highest BCUT2D eigenvalue weighted by Crippen LogP contribution is 2.26. The molecular formula is C15H21F3N2O4S. The van der Waals surface area contributed by atoms with E-state index in [1.807, 2.05) is 0 Å². The van der Waals surface area contributed by atoms with Gasteiger partial charge in [-0.2, -0.15) is 13.2 Å². The van der Waals surface area contributed by atoms with Crippen LogP contribution in [0, 0.1) is 0 Å². The molecule has 1 aromatic carbocycles. The summed E-state index contributed by atoms with van der Waals surface area (Å²) < 4.78 is 67.7. The monoisotopic (exact) mass is 382 g/mol. The number of ether oxygens (including phenoxy) is 1. The number of methoxy groups -OCH3 is 1. The number of rotatable bonds is 8. The van der Waals surface area contributed by atoms with Crippen molar-refractivity contribution in [1.82, 2.24) is 4.72 Å². The van der Waals surface area contributed by atoms with Gasteiger partial charge in [-0.15, -0.1) is 0 Å². The summed E-state index contributed by atoms with van der Waals surface area (Å²) in [6, 6.07) is 3.19. The smallest absolute Gasteiger partial charge is 0.389 e. The molecule has 0 aliphatic carbocycles. The lowest BCUT2D eigenvalue weighted by Gasteiger charge is -2.21. The molecule has 0 saturated heterocycles. The number of alkyl halides is 3. The molecule has 0 aromatic heterocycles. The van der Waals surface area contributed by atoms with E-state index in [2.05, 4.69) is 14.8 Å². The van der Waals surface area contributed by atoms with Crippen LogP contribution in [0.2, 0.25) is 0 Å². The molecule has 0 radical (unpaired) electrons. The first-order valence-corrected chi connectivity index (χ1v) is 9.01. The third-order valence-corrected chi connectivity index (χ3v) is 5.02. The second-order valence-electron chi connectivity index (χ2n) is 5.31. The van der Waals surface area contributed by atoms with Gasteiger partial charge < -0.3 is 10.1 Å². The van der Waals surface area contributed by atoms with Crippen LogP contribution in [0.3, 0.4) is 0 Å². The van der Waals surface area contributed by atoms with Crippen LogP contribution in [0.25, 0.3) is 0 Å². The molecule has 0 amide bonds. The molecule has 6 nitrogen and oxygen atoms in total. The van der Waals surface area contributed by atoms with E-state index in [0.717, 1.165) is 13.2 Å². The van der Waals surface area contributed by atoms with Gasteiger partial charge in [0.25, 0.3) is 0 Å². The average molecular weight is 382 g/mol. The molecule has 1 atom stereocenters. The van der Waals surface area contributed by atoms with E-state index in [-0.39, 0.29) is 22.6 Å². The third-order valence-electron chi connectivity index (χ3n) is 3.60. The van der Waals surface area contributed by atoms with Crippen molar-refractivity contribution >= 4 is 21.7 Å². The minimum absolute atomic E-state index is 0.0655. The van der Waals surface area contributed by atoms with Crippen molar-refractivity contribution in [3.8, 4) is 0 Å². The van der Waals surface area contributed by atoms with Crippen LogP contribution in [0.1, 0.15) is 36.5 Å². The Bertz CT molecular complexity index is 705. The van der Waals surface area contributed by atoms with E-state index in [1.54, 1.807) is 6.92 Å². The summed E-state index contributed by atoms with van der Waals surface area (Å²) in [7, 11) is -1.42. The summed E-state index contributed by atoms with van der Waals surface area (Å²) in [5.41, 5.74) is 0.153. The number of sulfonamides is 1. The Labute approximate surface area is 144 Å². The number of carbonyl (C=O) groups is 1. The first-order valence-electron chi connectivity index (χ1n) is 7.53. The molecule has 10 heteroatoms. The molecule has 0 heterocycles. The van der Waals surface area contributed by atoms with Gasteiger partial charge in [0.15, 0.2) is 0 Å². The van der Waals surface area contributed by atoms with Crippen LogP contribution < -0.4 is 10.0 Å². The van der Waals surface area contributed by atoms with E-state index in [9.17, 15) is 26.4 Å². The molecule has 0 spiro atoms. The zero-order valence-electron chi connectivity index (χ0n) is 14.1. The molecule has 142 valence electrons. The van der Waals surface area contributed by atoms with Crippen LogP contribution in [0.4, 0.5) is 18.9 Å². The molecule has 1 aromatic rings. The molecule has 0 bridgehead atoms. The van der Waals surface area contributed by atoms with Crippen molar-refractivity contribution in [2.75, 3.05) is 19.5 Å². The fourth-order valence-corrected chi connectivity index (χ4v) is 2.91. The zero-order valence-corrected chi connectivity index (χ0v) is 14.9. The molecule has 0 aliphatic rings. The Morgan fingerprint density at radius 3 is 2.44 bits per heavy atom. The molecule has 25 heavy (non-hydrogen) atoms. The van der Waals surface area contributed by atoms with Gasteiger partial charge in [-0.05, 0) is 38.1 Å². The molecule has 0 aliphatic heterocycles. The summed E-state index contributed by atoms with van der Waals surface area (Å²) in [5.74, 6) is -0.790. The normalized spacial score (nSPS) is 13.4. The van der Waals surface area contributed by atoms with Gasteiger partial charge in [0, 0.05) is 18.2 Å². The number of hydrogen-bond acceptors (Lipinski definition) is 5. The Morgan fingerprint density at radius 2 is 1.96 bits per heavy atom. The third kappa shape index (κ3) is 6.20. The summed E-state index contributed by atoms with van der Waals surface area (Å²) >= 11 is 0. The van der Waals surface area contributed by atoms with Crippen LogP contribution in [-0.4, -0.2) is 40.8 Å². The molecule has 1 unspecified atom stereocenters. The Morgan fingerprint density at radius 1 is 1.32 bits per heavy atom. The summed E-state index contributed by atoms with van der Waals surface area (Å²) in [4.78, 5) is 11.8. The topological polar surface area (TPSA) is 84.5 Å². The maximum Gasteiger partial charge on any atom is 0.389 e. The first kappa shape index (κ1) is 21.2. The van der Waals surface area contributed by atoms with Crippen molar-refractivity contribution < 1.29 is 31.1 Å². The van der Waals surface area contributed by atoms with Crippen molar-refractivity contribution in [3.63, 3.8) is 0 Å². The van der Waals surface area contributed by atoms with Crippen LogP contribution in [0.15, 0.2) is 23.1 Å². The highest BCUT2D eigenvalue weighted by Gasteiger charge is 2.28. The number of carbonyl (C=O) groups excluding carboxylic acids is 1. The number of esters is 1. The highest BCUT2D eigenvalue weighted by molar-refractivity contribution is 7.89. The lowest BCUT2D eigenvalue weighted by Crippen LogP contribution is -2.24. The molecule has 0 saturated carbocycles. The number of anilines is 1. The summed E-state index contributed by atoms with van der Waals surface area (Å²) in [6.45, 7) is 1.71. The first-order chi connectivity index (χ1) is 11.5. The van der Waals surface area contributed by atoms with E-state index in [1.165, 1.54) is 19.2 Å².